The van der Waals surface area contributed by atoms with E-state index < -0.39 is 5.91 Å². The van der Waals surface area contributed by atoms with Crippen LogP contribution in [-0.4, -0.2) is 19.1 Å². The molecule has 1 N–H and O–H groups in total. The van der Waals surface area contributed by atoms with Crippen LogP contribution in [0.15, 0.2) is 40.4 Å². The number of anilines is 1. The van der Waals surface area contributed by atoms with E-state index in [1.807, 2.05) is 52.0 Å². The van der Waals surface area contributed by atoms with E-state index in [0.29, 0.717) is 40.4 Å². The maximum Gasteiger partial charge on any atom is 0.266 e. The molecule has 5 nitrogen and oxygen atoms in total. The van der Waals surface area contributed by atoms with Gasteiger partial charge in [-0.3, -0.25) is 4.79 Å². The summed E-state index contributed by atoms with van der Waals surface area (Å²) < 4.78 is 11.9. The van der Waals surface area contributed by atoms with E-state index in [4.69, 9.17) is 9.47 Å². The van der Waals surface area contributed by atoms with Crippen molar-refractivity contribution < 1.29 is 14.3 Å². The maximum absolute atomic E-state index is 12.6. The first-order chi connectivity index (χ1) is 13.4. The van der Waals surface area contributed by atoms with Crippen LogP contribution in [0, 0.1) is 25.2 Å². The number of carbonyl (C=O) groups is 1. The number of carbonyl (C=O) groups excluding carboxylic acids is 1. The number of ether oxygens (including phenoxy) is 2. The van der Waals surface area contributed by atoms with Crippen LogP contribution < -0.4 is 14.8 Å². The molecule has 0 bridgehead atoms. The topological polar surface area (TPSA) is 71.3 Å². The highest BCUT2D eigenvalue weighted by Gasteiger charge is 2.14. The monoisotopic (exact) mass is 442 g/mol. The molecule has 0 unspecified atom stereocenters. The van der Waals surface area contributed by atoms with Crippen molar-refractivity contribution in [3.8, 4) is 17.6 Å². The van der Waals surface area contributed by atoms with Gasteiger partial charge in [0.25, 0.3) is 5.91 Å². The Morgan fingerprint density at radius 2 is 1.75 bits per heavy atom. The number of hydrogen-bond donors (Lipinski definition) is 1. The Kier molecular flexibility index (Phi) is 7.65. The average molecular weight is 443 g/mol. The zero-order valence-corrected chi connectivity index (χ0v) is 18.0. The zero-order valence-electron chi connectivity index (χ0n) is 16.4. The minimum Gasteiger partial charge on any atom is -0.490 e. The highest BCUT2D eigenvalue weighted by atomic mass is 79.9. The molecule has 0 heterocycles. The van der Waals surface area contributed by atoms with E-state index in [1.165, 1.54) is 6.08 Å². The number of rotatable bonds is 7. The Bertz CT molecular complexity index is 946. The molecule has 28 heavy (non-hydrogen) atoms. The normalized spacial score (nSPS) is 10.9. The van der Waals surface area contributed by atoms with Crippen LogP contribution in [0.25, 0.3) is 6.08 Å². The minimum atomic E-state index is -0.468. The number of aryl methyl sites for hydroxylation is 2. The summed E-state index contributed by atoms with van der Waals surface area (Å²) in [6.45, 7) is 8.72. The van der Waals surface area contributed by atoms with Gasteiger partial charge < -0.3 is 14.8 Å². The van der Waals surface area contributed by atoms with E-state index in [1.54, 1.807) is 12.1 Å². The lowest BCUT2D eigenvalue weighted by molar-refractivity contribution is -0.112. The van der Waals surface area contributed by atoms with Crippen molar-refractivity contribution in [2.45, 2.75) is 27.7 Å². The van der Waals surface area contributed by atoms with E-state index in [0.717, 1.165) is 11.1 Å². The molecule has 146 valence electrons. The van der Waals surface area contributed by atoms with Gasteiger partial charge in [0.05, 0.1) is 13.2 Å². The molecule has 0 saturated heterocycles. The van der Waals surface area contributed by atoms with Gasteiger partial charge in [-0.15, -0.1) is 0 Å². The van der Waals surface area contributed by atoms with Crippen molar-refractivity contribution in [1.29, 1.82) is 5.26 Å². The Balaban J connectivity index is 2.34. The van der Waals surface area contributed by atoms with Gasteiger partial charge in [-0.2, -0.15) is 5.26 Å². The molecule has 1 amide bonds. The molecule has 0 spiro atoms. The van der Waals surface area contributed by atoms with Gasteiger partial charge in [-0.05, 0) is 74.7 Å². The Hall–Kier alpha value is -2.78. The molecule has 0 fully saturated rings. The predicted molar refractivity (Wildman–Crippen MR) is 115 cm³/mol. The second-order valence-electron chi connectivity index (χ2n) is 6.11. The van der Waals surface area contributed by atoms with Crippen molar-refractivity contribution in [2.75, 3.05) is 18.5 Å². The fourth-order valence-corrected chi connectivity index (χ4v) is 2.96. The molecule has 0 aliphatic carbocycles. The number of nitriles is 1. The quantitative estimate of drug-likeness (QED) is 0.459. The van der Waals surface area contributed by atoms with E-state index >= 15 is 0 Å². The van der Waals surface area contributed by atoms with Crippen molar-refractivity contribution >= 4 is 33.6 Å². The Morgan fingerprint density at radius 1 is 1.11 bits per heavy atom. The third-order valence-electron chi connectivity index (χ3n) is 4.09. The molecule has 2 aromatic carbocycles. The summed E-state index contributed by atoms with van der Waals surface area (Å²) in [4.78, 5) is 12.6. The molecule has 2 rings (SSSR count). The molecule has 0 atom stereocenters. The first-order valence-electron chi connectivity index (χ1n) is 8.99. The number of nitrogens with one attached hydrogen (secondary N) is 1. The van der Waals surface area contributed by atoms with Crippen molar-refractivity contribution in [2.24, 2.45) is 0 Å². The summed E-state index contributed by atoms with van der Waals surface area (Å²) in [5.74, 6) is 0.696. The van der Waals surface area contributed by atoms with Gasteiger partial charge in [-0.1, -0.05) is 22.0 Å². The smallest absolute Gasteiger partial charge is 0.266 e. The van der Waals surface area contributed by atoms with Crippen molar-refractivity contribution in [3.05, 3.63) is 57.1 Å². The minimum absolute atomic E-state index is 0.00876. The van der Waals surface area contributed by atoms with Gasteiger partial charge in [0, 0.05) is 10.2 Å². The predicted octanol–water partition coefficient (Wildman–Crippen LogP) is 5.41. The van der Waals surface area contributed by atoms with Gasteiger partial charge in [0.1, 0.15) is 11.6 Å². The van der Waals surface area contributed by atoms with Crippen LogP contribution in [0.1, 0.15) is 30.5 Å². The summed E-state index contributed by atoms with van der Waals surface area (Å²) in [6.07, 6.45) is 1.53. The summed E-state index contributed by atoms with van der Waals surface area (Å²) in [7, 11) is 0. The second-order valence-corrected chi connectivity index (χ2v) is 6.96. The molecule has 0 aliphatic rings. The van der Waals surface area contributed by atoms with Crippen LogP contribution in [0.5, 0.6) is 11.5 Å². The first-order valence-corrected chi connectivity index (χ1v) is 9.78. The summed E-state index contributed by atoms with van der Waals surface area (Å²) in [6, 6.07) is 11.1. The maximum atomic E-state index is 12.6. The summed E-state index contributed by atoms with van der Waals surface area (Å²) in [5, 5.41) is 12.3. The summed E-state index contributed by atoms with van der Waals surface area (Å²) in [5.41, 5.74) is 3.49. The van der Waals surface area contributed by atoms with Crippen molar-refractivity contribution in [1.82, 2.24) is 0 Å². The van der Waals surface area contributed by atoms with Gasteiger partial charge in [0.2, 0.25) is 0 Å². The van der Waals surface area contributed by atoms with E-state index in [2.05, 4.69) is 21.2 Å². The third kappa shape index (κ3) is 5.37. The fraction of sp³-hybridized carbons (Fsp3) is 0.273. The van der Waals surface area contributed by atoms with Gasteiger partial charge in [0.15, 0.2) is 11.5 Å². The number of nitrogens with zero attached hydrogens (tertiary/aromatic N) is 1. The highest BCUT2D eigenvalue weighted by molar-refractivity contribution is 9.10. The van der Waals surface area contributed by atoms with E-state index in [9.17, 15) is 10.1 Å². The Labute approximate surface area is 174 Å². The zero-order chi connectivity index (χ0) is 20.7. The summed E-state index contributed by atoms with van der Waals surface area (Å²) >= 11 is 3.47. The van der Waals surface area contributed by atoms with Crippen molar-refractivity contribution in [3.63, 3.8) is 0 Å². The highest BCUT2D eigenvalue weighted by Crippen LogP contribution is 2.35. The average Bonchev–Trinajstić information content (AvgIpc) is 2.66. The molecule has 2 aromatic rings. The molecule has 0 saturated carbocycles. The SMILES string of the molecule is CCOc1cc(Br)c(/C=C(\C#N)C(=O)Nc2ccc(C)c(C)c2)cc1OCC. The van der Waals surface area contributed by atoms with Crippen LogP contribution in [-0.2, 0) is 4.79 Å². The lowest BCUT2D eigenvalue weighted by Crippen LogP contribution is -2.13. The van der Waals surface area contributed by atoms with Crippen LogP contribution >= 0.6 is 15.9 Å². The van der Waals surface area contributed by atoms with Crippen LogP contribution in [0.4, 0.5) is 5.69 Å². The van der Waals surface area contributed by atoms with Crippen LogP contribution in [0.3, 0.4) is 0 Å². The molecule has 6 heteroatoms. The Morgan fingerprint density at radius 3 is 2.32 bits per heavy atom. The number of benzene rings is 2. The van der Waals surface area contributed by atoms with E-state index in [-0.39, 0.29) is 5.57 Å². The standard InChI is InChI=1S/C22H23BrN2O3/c1-5-27-20-11-16(19(23)12-21(20)28-6-2)10-17(13-24)22(26)25-18-8-7-14(3)15(4)9-18/h7-12H,5-6H2,1-4H3,(H,25,26)/b17-10+. The van der Waals surface area contributed by atoms with Crippen LogP contribution in [0.2, 0.25) is 0 Å². The lowest BCUT2D eigenvalue weighted by Gasteiger charge is -2.13. The number of hydrogen-bond acceptors (Lipinski definition) is 4. The van der Waals surface area contributed by atoms with Gasteiger partial charge in [-0.25, -0.2) is 0 Å². The largest absolute Gasteiger partial charge is 0.490 e. The third-order valence-corrected chi connectivity index (χ3v) is 4.78. The van der Waals surface area contributed by atoms with Gasteiger partial charge >= 0.3 is 0 Å². The second kappa shape index (κ2) is 9.95. The molecular formula is C22H23BrN2O3. The molecular weight excluding hydrogens is 420 g/mol. The first kappa shape index (κ1) is 21.5. The lowest BCUT2D eigenvalue weighted by atomic mass is 10.1. The molecule has 0 aliphatic heterocycles. The number of halogens is 1. The fourth-order valence-electron chi connectivity index (χ4n) is 2.52. The molecule has 0 radical (unpaired) electrons. The molecule has 0 aromatic heterocycles. The number of amides is 1.